The van der Waals surface area contributed by atoms with Gasteiger partial charge in [0.1, 0.15) is 0 Å². The van der Waals surface area contributed by atoms with Crippen LogP contribution in [0.1, 0.15) is 0 Å². The normalized spacial score (nSPS) is 9.88. The monoisotopic (exact) mass is 400 g/mol. The van der Waals surface area contributed by atoms with Crippen LogP contribution in [0.5, 0.6) is 0 Å². The van der Waals surface area contributed by atoms with Gasteiger partial charge in [-0.15, -0.1) is 0 Å². The number of aromatic nitrogens is 1. The Morgan fingerprint density at radius 2 is 1.35 bits per heavy atom. The second kappa shape index (κ2) is 5.25. The Kier molecular flexibility index (Phi) is 3.71. The molecule has 0 aliphatic heterocycles. The maximum Gasteiger partial charge on any atom is 2.00 e. The van der Waals surface area contributed by atoms with Crippen molar-refractivity contribution in [2.75, 3.05) is 0 Å². The molecule has 0 saturated heterocycles. The van der Waals surface area contributed by atoms with Crippen LogP contribution >= 0.6 is 0 Å². The molecule has 2 heteroatoms. The Balaban J connectivity index is 0.00000108. The van der Waals surface area contributed by atoms with E-state index in [2.05, 4.69) is 35.3 Å². The first kappa shape index (κ1) is 12.0. The molecule has 0 radical (unpaired) electrons. The molecule has 1 nitrogen and oxygen atoms in total. The summed E-state index contributed by atoms with van der Waals surface area (Å²) in [6, 6.07) is 22.6. The third-order valence-corrected chi connectivity index (χ3v) is 2.67. The minimum Gasteiger partial charge on any atom is -0.248 e. The van der Waals surface area contributed by atoms with E-state index in [-0.39, 0.29) is 21.1 Å². The summed E-state index contributed by atoms with van der Waals surface area (Å²) in [5, 5.41) is 1.18. The van der Waals surface area contributed by atoms with Gasteiger partial charge in [0, 0.05) is 10.9 Å². The number of pyridine rings is 1. The second-order valence-electron chi connectivity index (χ2n) is 3.76. The van der Waals surface area contributed by atoms with E-state index in [4.69, 9.17) is 0 Å². The van der Waals surface area contributed by atoms with Gasteiger partial charge in [-0.2, -0.15) is 0 Å². The van der Waals surface area contributed by atoms with Crippen molar-refractivity contribution >= 4 is 10.9 Å². The zero-order chi connectivity index (χ0) is 10.8. The molecule has 3 aromatic rings. The first-order valence-corrected chi connectivity index (χ1v) is 5.35. The molecule has 84 valence electrons. The molecule has 0 N–H and O–H groups in total. The standard InChI is InChI=1S/C15H11N.Pt/c1-2-6-12(7-3-1)15-11-10-13-8-4-5-9-14(13)16-15;/h1-11H;/q;+2. The van der Waals surface area contributed by atoms with Gasteiger partial charge in [-0.05, 0) is 12.1 Å². The van der Waals surface area contributed by atoms with Gasteiger partial charge in [-0.25, -0.2) is 4.98 Å². The van der Waals surface area contributed by atoms with Crippen molar-refractivity contribution in [3.8, 4) is 11.3 Å². The van der Waals surface area contributed by atoms with Gasteiger partial charge in [0.25, 0.3) is 0 Å². The van der Waals surface area contributed by atoms with Crippen LogP contribution < -0.4 is 0 Å². The van der Waals surface area contributed by atoms with Gasteiger partial charge in [0.05, 0.1) is 11.2 Å². The molecule has 0 aliphatic rings. The van der Waals surface area contributed by atoms with Crippen LogP contribution in [0.15, 0.2) is 66.7 Å². The topological polar surface area (TPSA) is 12.9 Å². The average molecular weight is 400 g/mol. The van der Waals surface area contributed by atoms with Crippen molar-refractivity contribution in [1.29, 1.82) is 0 Å². The summed E-state index contributed by atoms with van der Waals surface area (Å²) in [6.45, 7) is 0. The fraction of sp³-hybridized carbons (Fsp3) is 0. The van der Waals surface area contributed by atoms with E-state index in [1.807, 2.05) is 36.4 Å². The number of para-hydroxylation sites is 1. The van der Waals surface area contributed by atoms with Crippen molar-refractivity contribution in [3.05, 3.63) is 66.7 Å². The minimum atomic E-state index is 0. The van der Waals surface area contributed by atoms with Gasteiger partial charge in [-0.3, -0.25) is 0 Å². The van der Waals surface area contributed by atoms with Crippen molar-refractivity contribution in [1.82, 2.24) is 4.98 Å². The Morgan fingerprint density at radius 3 is 2.18 bits per heavy atom. The summed E-state index contributed by atoms with van der Waals surface area (Å²) in [6.07, 6.45) is 0. The quantitative estimate of drug-likeness (QED) is 0.604. The average Bonchev–Trinajstić information content (AvgIpc) is 2.39. The Morgan fingerprint density at radius 1 is 0.647 bits per heavy atom. The molecule has 0 bridgehead atoms. The number of hydrogen-bond acceptors (Lipinski definition) is 1. The van der Waals surface area contributed by atoms with Gasteiger partial charge in [0.15, 0.2) is 0 Å². The predicted octanol–water partition coefficient (Wildman–Crippen LogP) is 3.90. The van der Waals surface area contributed by atoms with E-state index in [0.717, 1.165) is 16.8 Å². The van der Waals surface area contributed by atoms with Crippen molar-refractivity contribution in [2.45, 2.75) is 0 Å². The molecule has 0 spiro atoms. The molecule has 1 aromatic heterocycles. The van der Waals surface area contributed by atoms with Gasteiger partial charge < -0.3 is 0 Å². The van der Waals surface area contributed by atoms with E-state index in [0.29, 0.717) is 0 Å². The summed E-state index contributed by atoms with van der Waals surface area (Å²) in [7, 11) is 0. The second-order valence-corrected chi connectivity index (χ2v) is 3.76. The summed E-state index contributed by atoms with van der Waals surface area (Å²) in [5.41, 5.74) is 3.23. The van der Waals surface area contributed by atoms with Gasteiger partial charge in [-0.1, -0.05) is 54.6 Å². The maximum absolute atomic E-state index is 4.65. The minimum absolute atomic E-state index is 0. The first-order chi connectivity index (χ1) is 7.93. The number of fused-ring (bicyclic) bond motifs is 1. The van der Waals surface area contributed by atoms with Crippen LogP contribution in [0.4, 0.5) is 0 Å². The zero-order valence-corrected chi connectivity index (χ0v) is 11.4. The molecule has 17 heavy (non-hydrogen) atoms. The van der Waals surface area contributed by atoms with Gasteiger partial charge >= 0.3 is 21.1 Å². The molecule has 0 fully saturated rings. The van der Waals surface area contributed by atoms with E-state index in [9.17, 15) is 0 Å². The van der Waals surface area contributed by atoms with Crippen LogP contribution in [-0.4, -0.2) is 4.98 Å². The molecule has 2 aromatic carbocycles. The van der Waals surface area contributed by atoms with E-state index >= 15 is 0 Å². The predicted molar refractivity (Wildman–Crippen MR) is 67.2 cm³/mol. The molecule has 0 saturated carbocycles. The summed E-state index contributed by atoms with van der Waals surface area (Å²) >= 11 is 0. The molecule has 0 aliphatic carbocycles. The molecule has 0 amide bonds. The Bertz CT molecular complexity index is 620. The zero-order valence-electron chi connectivity index (χ0n) is 9.11. The van der Waals surface area contributed by atoms with E-state index in [1.54, 1.807) is 0 Å². The van der Waals surface area contributed by atoms with Crippen LogP contribution in [0.2, 0.25) is 0 Å². The van der Waals surface area contributed by atoms with Crippen LogP contribution in [0, 0.1) is 0 Å². The van der Waals surface area contributed by atoms with Crippen molar-refractivity contribution < 1.29 is 21.1 Å². The van der Waals surface area contributed by atoms with Crippen LogP contribution in [0.3, 0.4) is 0 Å². The smallest absolute Gasteiger partial charge is 0.248 e. The van der Waals surface area contributed by atoms with Crippen LogP contribution in [-0.2, 0) is 21.1 Å². The fourth-order valence-corrected chi connectivity index (χ4v) is 1.84. The van der Waals surface area contributed by atoms with Crippen molar-refractivity contribution in [2.24, 2.45) is 0 Å². The Hall–Kier alpha value is -1.46. The fourth-order valence-electron chi connectivity index (χ4n) is 1.84. The summed E-state index contributed by atoms with van der Waals surface area (Å²) in [4.78, 5) is 4.65. The number of nitrogens with zero attached hydrogens (tertiary/aromatic N) is 1. The number of benzene rings is 2. The molecular formula is C15H11NPt+2. The number of rotatable bonds is 1. The molecule has 0 atom stereocenters. The van der Waals surface area contributed by atoms with Crippen LogP contribution in [0.25, 0.3) is 22.2 Å². The molecular weight excluding hydrogens is 389 g/mol. The summed E-state index contributed by atoms with van der Waals surface area (Å²) in [5.74, 6) is 0. The molecule has 3 rings (SSSR count). The van der Waals surface area contributed by atoms with E-state index < -0.39 is 0 Å². The third-order valence-electron chi connectivity index (χ3n) is 2.67. The Labute approximate surface area is 115 Å². The summed E-state index contributed by atoms with van der Waals surface area (Å²) < 4.78 is 0. The molecule has 1 heterocycles. The number of hydrogen-bond donors (Lipinski definition) is 0. The van der Waals surface area contributed by atoms with Crippen molar-refractivity contribution in [3.63, 3.8) is 0 Å². The molecule has 0 unspecified atom stereocenters. The first-order valence-electron chi connectivity index (χ1n) is 5.35. The third kappa shape index (κ3) is 2.45. The maximum atomic E-state index is 4.65. The van der Waals surface area contributed by atoms with E-state index in [1.165, 1.54) is 5.39 Å². The van der Waals surface area contributed by atoms with Gasteiger partial charge in [0.2, 0.25) is 0 Å². The largest absolute Gasteiger partial charge is 2.00 e. The SMILES string of the molecule is [Pt+2].c1ccc(-c2ccc3ccccc3n2)cc1.